The number of benzene rings is 1. The average Bonchev–Trinajstić information content (AvgIpc) is 3.69. The zero-order chi connectivity index (χ0) is 24.7. The lowest BCUT2D eigenvalue weighted by atomic mass is 9.72. The summed E-state index contributed by atoms with van der Waals surface area (Å²) in [7, 11) is 0. The summed E-state index contributed by atoms with van der Waals surface area (Å²) in [5.74, 6) is -1.15. The fourth-order valence-corrected chi connectivity index (χ4v) is 5.33. The SMILES string of the molecule is CCO/N=C(\c1ccc(F)c(F)c1)c1ccc(CN2CC3(C2)CN(c2ccnc(C4CC4)c2)C3)cn1. The van der Waals surface area contributed by atoms with Gasteiger partial charge in [-0.25, -0.2) is 8.78 Å². The van der Waals surface area contributed by atoms with Crippen LogP contribution in [0.3, 0.4) is 0 Å². The Labute approximate surface area is 209 Å². The van der Waals surface area contributed by atoms with Crippen molar-refractivity contribution >= 4 is 11.4 Å². The molecule has 3 fully saturated rings. The van der Waals surface area contributed by atoms with Crippen LogP contribution in [0.5, 0.6) is 0 Å². The summed E-state index contributed by atoms with van der Waals surface area (Å²) in [5.41, 5.74) is 5.39. The lowest BCUT2D eigenvalue weighted by molar-refractivity contribution is -0.0273. The van der Waals surface area contributed by atoms with Crippen LogP contribution in [0.1, 0.15) is 48.2 Å². The van der Waals surface area contributed by atoms with E-state index in [4.69, 9.17) is 4.84 Å². The summed E-state index contributed by atoms with van der Waals surface area (Å²) in [6.45, 7) is 7.37. The van der Waals surface area contributed by atoms with Crippen LogP contribution in [0.2, 0.25) is 0 Å². The summed E-state index contributed by atoms with van der Waals surface area (Å²) in [5, 5.41) is 4.11. The molecule has 1 spiro atoms. The third-order valence-electron chi connectivity index (χ3n) is 7.25. The monoisotopic (exact) mass is 489 g/mol. The molecule has 0 bridgehead atoms. The van der Waals surface area contributed by atoms with Gasteiger partial charge < -0.3 is 9.74 Å². The van der Waals surface area contributed by atoms with Gasteiger partial charge in [-0.3, -0.25) is 14.9 Å². The number of anilines is 1. The predicted octanol–water partition coefficient (Wildman–Crippen LogP) is 4.74. The highest BCUT2D eigenvalue weighted by Gasteiger charge is 2.51. The van der Waals surface area contributed by atoms with Crippen molar-refractivity contribution in [3.8, 4) is 0 Å². The first-order valence-electron chi connectivity index (χ1n) is 12.6. The van der Waals surface area contributed by atoms with Crippen LogP contribution in [0.4, 0.5) is 14.5 Å². The van der Waals surface area contributed by atoms with Gasteiger partial charge in [0.1, 0.15) is 12.3 Å². The second-order valence-corrected chi connectivity index (χ2v) is 10.3. The molecular formula is C28H29F2N5O. The average molecular weight is 490 g/mol. The van der Waals surface area contributed by atoms with Crippen molar-refractivity contribution < 1.29 is 13.6 Å². The Kier molecular flexibility index (Phi) is 5.91. The molecule has 6 rings (SSSR count). The molecule has 4 heterocycles. The van der Waals surface area contributed by atoms with E-state index in [0.29, 0.717) is 34.9 Å². The first-order valence-corrected chi connectivity index (χ1v) is 12.6. The van der Waals surface area contributed by atoms with Crippen LogP contribution in [0.15, 0.2) is 60.0 Å². The van der Waals surface area contributed by atoms with Crippen molar-refractivity contribution in [2.24, 2.45) is 10.6 Å². The van der Waals surface area contributed by atoms with E-state index in [9.17, 15) is 8.78 Å². The van der Waals surface area contributed by atoms with Crippen LogP contribution < -0.4 is 4.90 Å². The van der Waals surface area contributed by atoms with Gasteiger partial charge in [0.05, 0.1) is 5.69 Å². The number of rotatable bonds is 8. The van der Waals surface area contributed by atoms with Gasteiger partial charge in [0.2, 0.25) is 0 Å². The van der Waals surface area contributed by atoms with E-state index >= 15 is 0 Å². The zero-order valence-electron chi connectivity index (χ0n) is 20.3. The van der Waals surface area contributed by atoms with Crippen LogP contribution >= 0.6 is 0 Å². The fourth-order valence-electron chi connectivity index (χ4n) is 5.33. The third kappa shape index (κ3) is 4.57. The van der Waals surface area contributed by atoms with Crippen LogP contribution in [-0.2, 0) is 11.4 Å². The van der Waals surface area contributed by atoms with Crippen LogP contribution in [0, 0.1) is 17.0 Å². The van der Waals surface area contributed by atoms with Gasteiger partial charge in [-0.1, -0.05) is 11.2 Å². The molecule has 0 amide bonds. The van der Waals surface area contributed by atoms with Gasteiger partial charge in [0.25, 0.3) is 0 Å². The molecule has 6 nitrogen and oxygen atoms in total. The van der Waals surface area contributed by atoms with Crippen molar-refractivity contribution in [1.29, 1.82) is 0 Å². The normalized spacial score (nSPS) is 19.2. The summed E-state index contributed by atoms with van der Waals surface area (Å²) in [6.07, 6.45) is 6.33. The number of hydrogen-bond acceptors (Lipinski definition) is 6. The maximum atomic E-state index is 13.8. The van der Waals surface area contributed by atoms with Gasteiger partial charge in [0.15, 0.2) is 11.6 Å². The molecule has 1 aromatic carbocycles. The van der Waals surface area contributed by atoms with Crippen LogP contribution in [0.25, 0.3) is 0 Å². The lowest BCUT2D eigenvalue weighted by Gasteiger charge is -2.61. The summed E-state index contributed by atoms with van der Waals surface area (Å²) < 4.78 is 27.2. The molecule has 1 saturated carbocycles. The highest BCUT2D eigenvalue weighted by Crippen LogP contribution is 2.44. The maximum absolute atomic E-state index is 13.8. The van der Waals surface area contributed by atoms with E-state index in [0.717, 1.165) is 50.4 Å². The topological polar surface area (TPSA) is 53.9 Å². The highest BCUT2D eigenvalue weighted by atomic mass is 19.2. The van der Waals surface area contributed by atoms with E-state index in [1.807, 2.05) is 31.5 Å². The van der Waals surface area contributed by atoms with Crippen molar-refractivity contribution in [2.45, 2.75) is 32.2 Å². The van der Waals surface area contributed by atoms with Gasteiger partial charge in [-0.2, -0.15) is 0 Å². The standard InChI is InChI=1S/C28H29F2N5O/c1-2-36-33-27(21-6-7-23(29)24(30)11-21)25-8-3-19(13-32-25)14-34-15-28(16-34)17-35(18-28)22-9-10-31-26(12-22)20-4-5-20/h3,6-13,20H,2,4-5,14-18H2,1H3/b33-27+. The van der Waals surface area contributed by atoms with Crippen molar-refractivity contribution in [3.05, 3.63) is 89.0 Å². The molecule has 3 aromatic rings. The van der Waals surface area contributed by atoms with Crippen molar-refractivity contribution in [1.82, 2.24) is 14.9 Å². The Bertz CT molecular complexity index is 1280. The number of hydrogen-bond donors (Lipinski definition) is 0. The first-order chi connectivity index (χ1) is 17.5. The molecule has 2 saturated heterocycles. The molecule has 186 valence electrons. The molecule has 0 atom stereocenters. The number of pyridine rings is 2. The Morgan fingerprint density at radius 1 is 1.03 bits per heavy atom. The molecule has 0 radical (unpaired) electrons. The molecular weight excluding hydrogens is 460 g/mol. The van der Waals surface area contributed by atoms with E-state index in [1.54, 1.807) is 0 Å². The van der Waals surface area contributed by atoms with Gasteiger partial charge in [-0.05, 0) is 61.7 Å². The van der Waals surface area contributed by atoms with E-state index in [1.165, 1.54) is 30.3 Å². The van der Waals surface area contributed by atoms with Gasteiger partial charge in [0, 0.05) is 73.4 Å². The molecule has 8 heteroatoms. The summed E-state index contributed by atoms with van der Waals surface area (Å²) in [6, 6.07) is 12.0. The predicted molar refractivity (Wildman–Crippen MR) is 134 cm³/mol. The number of likely N-dealkylation sites (tertiary alicyclic amines) is 1. The van der Waals surface area contributed by atoms with Gasteiger partial charge in [-0.15, -0.1) is 0 Å². The third-order valence-corrected chi connectivity index (χ3v) is 7.25. The summed E-state index contributed by atoms with van der Waals surface area (Å²) >= 11 is 0. The highest BCUT2D eigenvalue weighted by molar-refractivity contribution is 6.11. The van der Waals surface area contributed by atoms with E-state index < -0.39 is 11.6 Å². The Balaban J connectivity index is 1.06. The van der Waals surface area contributed by atoms with Crippen LogP contribution in [-0.4, -0.2) is 53.4 Å². The first kappa shape index (κ1) is 23.0. The number of aromatic nitrogens is 2. The number of nitrogens with zero attached hydrogens (tertiary/aromatic N) is 5. The Hall–Kier alpha value is -3.39. The smallest absolute Gasteiger partial charge is 0.159 e. The molecule has 3 aliphatic rings. The lowest BCUT2D eigenvalue weighted by Crippen LogP contribution is -2.71. The number of oxime groups is 1. The minimum Gasteiger partial charge on any atom is -0.396 e. The summed E-state index contributed by atoms with van der Waals surface area (Å²) in [4.78, 5) is 19.2. The van der Waals surface area contributed by atoms with Gasteiger partial charge >= 0.3 is 0 Å². The van der Waals surface area contributed by atoms with E-state index in [2.05, 4.69) is 37.1 Å². The number of halogens is 2. The largest absolute Gasteiger partial charge is 0.396 e. The quantitative estimate of drug-likeness (QED) is 0.338. The zero-order valence-corrected chi connectivity index (χ0v) is 20.3. The van der Waals surface area contributed by atoms with E-state index in [-0.39, 0.29) is 0 Å². The Morgan fingerprint density at radius 3 is 2.56 bits per heavy atom. The van der Waals surface area contributed by atoms with Crippen molar-refractivity contribution in [3.63, 3.8) is 0 Å². The fraction of sp³-hybridized carbons (Fsp3) is 0.393. The molecule has 36 heavy (non-hydrogen) atoms. The molecule has 2 aromatic heterocycles. The second-order valence-electron chi connectivity index (χ2n) is 10.3. The molecule has 2 aliphatic heterocycles. The Morgan fingerprint density at radius 2 is 1.86 bits per heavy atom. The molecule has 0 N–H and O–H groups in total. The maximum Gasteiger partial charge on any atom is 0.159 e. The van der Waals surface area contributed by atoms with Crippen molar-refractivity contribution in [2.75, 3.05) is 37.7 Å². The minimum atomic E-state index is -0.929. The second kappa shape index (κ2) is 9.24. The minimum absolute atomic E-state index is 0.363. The molecule has 1 aliphatic carbocycles. The molecule has 0 unspecified atom stereocenters.